The zero-order valence-corrected chi connectivity index (χ0v) is 11.2. The van der Waals surface area contributed by atoms with Crippen molar-refractivity contribution < 1.29 is 4.79 Å². The van der Waals surface area contributed by atoms with E-state index in [9.17, 15) is 9.59 Å². The predicted octanol–water partition coefficient (Wildman–Crippen LogP) is 3.52. The molecule has 3 rings (SSSR count). The Morgan fingerprint density at radius 2 is 1.95 bits per heavy atom. The third-order valence-electron chi connectivity index (χ3n) is 2.82. The standard InChI is InChI=1S/C14H8ClNO2S/c15-11-7-9(8-17)5-6-12(11)16-14(18)10-3-1-2-4-13(10)19-16/h1-8H. The molecule has 0 spiro atoms. The van der Waals surface area contributed by atoms with Crippen molar-refractivity contribution in [2.24, 2.45) is 0 Å². The van der Waals surface area contributed by atoms with Crippen molar-refractivity contribution in [2.75, 3.05) is 0 Å². The van der Waals surface area contributed by atoms with Crippen LogP contribution in [0.3, 0.4) is 0 Å². The summed E-state index contributed by atoms with van der Waals surface area (Å²) in [5.74, 6) is 0. The second-order valence-electron chi connectivity index (χ2n) is 4.02. The summed E-state index contributed by atoms with van der Waals surface area (Å²) in [6.07, 6.45) is 0.726. The van der Waals surface area contributed by atoms with Crippen molar-refractivity contribution in [3.8, 4) is 5.69 Å². The third-order valence-corrected chi connectivity index (χ3v) is 4.22. The quantitative estimate of drug-likeness (QED) is 0.677. The Hall–Kier alpha value is -1.91. The summed E-state index contributed by atoms with van der Waals surface area (Å²) in [7, 11) is 0. The summed E-state index contributed by atoms with van der Waals surface area (Å²) >= 11 is 7.47. The molecule has 0 N–H and O–H groups in total. The Kier molecular flexibility index (Phi) is 2.97. The molecule has 0 saturated heterocycles. The highest BCUT2D eigenvalue weighted by Crippen LogP contribution is 2.25. The number of aldehydes is 1. The Morgan fingerprint density at radius 1 is 1.16 bits per heavy atom. The molecule has 0 radical (unpaired) electrons. The molecular weight excluding hydrogens is 282 g/mol. The molecule has 2 aromatic carbocycles. The van der Waals surface area contributed by atoms with E-state index in [1.807, 2.05) is 18.2 Å². The first-order chi connectivity index (χ1) is 9.20. The fourth-order valence-electron chi connectivity index (χ4n) is 1.89. The molecule has 0 atom stereocenters. The molecule has 19 heavy (non-hydrogen) atoms. The second kappa shape index (κ2) is 4.64. The van der Waals surface area contributed by atoms with Gasteiger partial charge in [0.1, 0.15) is 6.29 Å². The van der Waals surface area contributed by atoms with Crippen LogP contribution in [0.15, 0.2) is 47.3 Å². The first-order valence-corrected chi connectivity index (χ1v) is 6.72. The van der Waals surface area contributed by atoms with Gasteiger partial charge in [-0.15, -0.1) is 0 Å². The fraction of sp³-hybridized carbons (Fsp3) is 0. The molecule has 0 bridgehead atoms. The van der Waals surface area contributed by atoms with Crippen molar-refractivity contribution in [1.82, 2.24) is 3.96 Å². The molecule has 0 aliphatic carbocycles. The number of benzene rings is 2. The van der Waals surface area contributed by atoms with Crippen LogP contribution in [0.1, 0.15) is 10.4 Å². The molecule has 3 nitrogen and oxygen atoms in total. The molecule has 5 heteroatoms. The van der Waals surface area contributed by atoms with Crippen LogP contribution in [0.4, 0.5) is 0 Å². The highest BCUT2D eigenvalue weighted by atomic mass is 35.5. The SMILES string of the molecule is O=Cc1ccc(-n2sc3ccccc3c2=O)c(Cl)c1. The van der Waals surface area contributed by atoms with Crippen molar-refractivity contribution >= 4 is 39.5 Å². The molecule has 0 amide bonds. The van der Waals surface area contributed by atoms with Crippen molar-refractivity contribution in [1.29, 1.82) is 0 Å². The average Bonchev–Trinajstić information content (AvgIpc) is 2.76. The average molecular weight is 290 g/mol. The van der Waals surface area contributed by atoms with E-state index in [0.717, 1.165) is 11.0 Å². The maximum absolute atomic E-state index is 12.3. The molecule has 0 unspecified atom stereocenters. The van der Waals surface area contributed by atoms with Crippen LogP contribution in [0.5, 0.6) is 0 Å². The lowest BCUT2D eigenvalue weighted by atomic mass is 10.2. The summed E-state index contributed by atoms with van der Waals surface area (Å²) in [5, 5.41) is 1.06. The second-order valence-corrected chi connectivity index (χ2v) is 5.41. The van der Waals surface area contributed by atoms with Gasteiger partial charge in [-0.1, -0.05) is 35.3 Å². The fourth-order valence-corrected chi connectivity index (χ4v) is 3.24. The van der Waals surface area contributed by atoms with Crippen LogP contribution in [0.2, 0.25) is 5.02 Å². The predicted molar refractivity (Wildman–Crippen MR) is 77.8 cm³/mol. The molecule has 3 aromatic rings. The van der Waals surface area contributed by atoms with E-state index in [1.165, 1.54) is 11.5 Å². The van der Waals surface area contributed by atoms with Crippen LogP contribution in [-0.2, 0) is 0 Å². The first-order valence-electron chi connectivity index (χ1n) is 5.57. The summed E-state index contributed by atoms with van der Waals surface area (Å²) < 4.78 is 2.45. The lowest BCUT2D eigenvalue weighted by Crippen LogP contribution is -2.11. The number of hydrogen-bond donors (Lipinski definition) is 0. The number of carbonyl (C=O) groups excluding carboxylic acids is 1. The Bertz CT molecular complexity index is 835. The molecule has 1 heterocycles. The number of hydrogen-bond acceptors (Lipinski definition) is 3. The molecule has 0 saturated carbocycles. The zero-order valence-electron chi connectivity index (χ0n) is 9.67. The highest BCUT2D eigenvalue weighted by molar-refractivity contribution is 7.14. The van der Waals surface area contributed by atoms with Crippen LogP contribution < -0.4 is 5.56 Å². The zero-order chi connectivity index (χ0) is 13.4. The van der Waals surface area contributed by atoms with Gasteiger partial charge >= 0.3 is 0 Å². The van der Waals surface area contributed by atoms with Crippen LogP contribution >= 0.6 is 23.1 Å². The number of carbonyl (C=O) groups is 1. The molecular formula is C14H8ClNO2S. The topological polar surface area (TPSA) is 39.1 Å². The number of rotatable bonds is 2. The Morgan fingerprint density at radius 3 is 2.63 bits per heavy atom. The van der Waals surface area contributed by atoms with Gasteiger partial charge in [0.25, 0.3) is 5.56 Å². The van der Waals surface area contributed by atoms with E-state index in [-0.39, 0.29) is 5.56 Å². The summed E-state index contributed by atoms with van der Waals surface area (Å²) in [6.45, 7) is 0. The highest BCUT2D eigenvalue weighted by Gasteiger charge is 2.11. The third kappa shape index (κ3) is 1.99. The minimum absolute atomic E-state index is 0.0960. The van der Waals surface area contributed by atoms with E-state index in [1.54, 1.807) is 28.2 Å². The summed E-state index contributed by atoms with van der Waals surface area (Å²) in [4.78, 5) is 23.0. The molecule has 0 fully saturated rings. The maximum atomic E-state index is 12.3. The van der Waals surface area contributed by atoms with Gasteiger partial charge in [-0.2, -0.15) is 0 Å². The van der Waals surface area contributed by atoms with Crippen molar-refractivity contribution in [2.45, 2.75) is 0 Å². The number of aromatic nitrogens is 1. The number of nitrogens with zero attached hydrogens (tertiary/aromatic N) is 1. The smallest absolute Gasteiger partial charge is 0.273 e. The normalized spacial score (nSPS) is 10.8. The lowest BCUT2D eigenvalue weighted by molar-refractivity contribution is 0.112. The van der Waals surface area contributed by atoms with Gasteiger partial charge in [0.15, 0.2) is 0 Å². The van der Waals surface area contributed by atoms with Gasteiger partial charge in [-0.25, -0.2) is 3.96 Å². The van der Waals surface area contributed by atoms with E-state index in [2.05, 4.69) is 0 Å². The Labute approximate surface area is 117 Å². The molecule has 0 aliphatic rings. The van der Waals surface area contributed by atoms with Gasteiger partial charge in [0, 0.05) is 5.56 Å². The summed E-state index contributed by atoms with van der Waals surface area (Å²) in [6, 6.07) is 12.3. The monoisotopic (exact) mass is 289 g/mol. The lowest BCUT2D eigenvalue weighted by Gasteiger charge is -2.03. The molecule has 1 aromatic heterocycles. The number of halogens is 1. The largest absolute Gasteiger partial charge is 0.298 e. The van der Waals surface area contributed by atoms with Gasteiger partial charge < -0.3 is 0 Å². The Balaban J connectivity index is 2.27. The van der Waals surface area contributed by atoms with E-state index in [0.29, 0.717) is 21.7 Å². The molecule has 0 aliphatic heterocycles. The van der Waals surface area contributed by atoms with Crippen LogP contribution in [0, 0.1) is 0 Å². The minimum Gasteiger partial charge on any atom is -0.298 e. The maximum Gasteiger partial charge on any atom is 0.273 e. The van der Waals surface area contributed by atoms with Crippen molar-refractivity contribution in [3.05, 3.63) is 63.4 Å². The number of fused-ring (bicyclic) bond motifs is 1. The molecule has 94 valence electrons. The van der Waals surface area contributed by atoms with E-state index < -0.39 is 0 Å². The van der Waals surface area contributed by atoms with Crippen LogP contribution in [-0.4, -0.2) is 10.2 Å². The summed E-state index contributed by atoms with van der Waals surface area (Å²) in [5.41, 5.74) is 0.989. The van der Waals surface area contributed by atoms with Gasteiger partial charge in [0.05, 0.1) is 20.8 Å². The van der Waals surface area contributed by atoms with Crippen molar-refractivity contribution in [3.63, 3.8) is 0 Å². The van der Waals surface area contributed by atoms with Gasteiger partial charge in [-0.3, -0.25) is 9.59 Å². The van der Waals surface area contributed by atoms with E-state index in [4.69, 9.17) is 11.6 Å². The van der Waals surface area contributed by atoms with E-state index >= 15 is 0 Å². The van der Waals surface area contributed by atoms with Crippen LogP contribution in [0.25, 0.3) is 15.8 Å². The minimum atomic E-state index is -0.0960. The van der Waals surface area contributed by atoms with Gasteiger partial charge in [0.2, 0.25) is 0 Å². The van der Waals surface area contributed by atoms with Gasteiger partial charge in [-0.05, 0) is 30.3 Å². The first kappa shape index (κ1) is 12.1.